The first-order valence-electron chi connectivity index (χ1n) is 7.44. The Kier molecular flexibility index (Phi) is 4.75. The van der Waals surface area contributed by atoms with Gasteiger partial charge in [0.25, 0.3) is 0 Å². The molecular formula is C15H20N2O4S. The predicted octanol–water partition coefficient (Wildman–Crippen LogP) is 0.895. The van der Waals surface area contributed by atoms with E-state index in [4.69, 9.17) is 9.47 Å². The maximum absolute atomic E-state index is 12.5. The van der Waals surface area contributed by atoms with Gasteiger partial charge in [0, 0.05) is 13.1 Å². The summed E-state index contributed by atoms with van der Waals surface area (Å²) in [5.74, 6) is -0.138. The van der Waals surface area contributed by atoms with E-state index < -0.39 is 0 Å². The van der Waals surface area contributed by atoms with E-state index >= 15 is 0 Å². The minimum absolute atomic E-state index is 0.0111. The number of ether oxygens (including phenoxy) is 2. The van der Waals surface area contributed by atoms with E-state index in [-0.39, 0.29) is 37.2 Å². The third-order valence-electron chi connectivity index (χ3n) is 3.94. The fourth-order valence-electron chi connectivity index (χ4n) is 2.78. The van der Waals surface area contributed by atoms with Crippen LogP contribution in [-0.4, -0.2) is 67.1 Å². The molecule has 2 aliphatic heterocycles. The molecule has 2 amide bonds. The Balaban J connectivity index is 1.62. The average Bonchev–Trinajstić information content (AvgIpc) is 3.03. The maximum Gasteiger partial charge on any atom is 0.249 e. The van der Waals surface area contributed by atoms with Crippen molar-refractivity contribution in [3.63, 3.8) is 0 Å². The van der Waals surface area contributed by atoms with Crippen LogP contribution in [0.3, 0.4) is 0 Å². The smallest absolute Gasteiger partial charge is 0.249 e. The Morgan fingerprint density at radius 1 is 1.45 bits per heavy atom. The van der Waals surface area contributed by atoms with Gasteiger partial charge in [0.05, 0.1) is 25.8 Å². The lowest BCUT2D eigenvalue weighted by molar-refractivity contribution is -0.154. The Hall–Kier alpha value is -1.44. The number of thiophene rings is 1. The highest BCUT2D eigenvalue weighted by Gasteiger charge is 2.31. The molecule has 0 spiro atoms. The van der Waals surface area contributed by atoms with Crippen LogP contribution in [-0.2, 0) is 19.1 Å². The monoisotopic (exact) mass is 324 g/mol. The van der Waals surface area contributed by atoms with Crippen LogP contribution in [0.4, 0.5) is 0 Å². The zero-order valence-electron chi connectivity index (χ0n) is 12.6. The first-order chi connectivity index (χ1) is 10.6. The van der Waals surface area contributed by atoms with Gasteiger partial charge in [-0.3, -0.25) is 9.59 Å². The largest absolute Gasteiger partial charge is 0.370 e. The SMILES string of the molecule is C[C@@H]1CN(C(=O)CN2CCOCC2=O)C[C@H](c2ccsc2)O1. The van der Waals surface area contributed by atoms with Gasteiger partial charge in [-0.05, 0) is 29.3 Å². The van der Waals surface area contributed by atoms with Crippen LogP contribution >= 0.6 is 11.3 Å². The van der Waals surface area contributed by atoms with E-state index in [9.17, 15) is 9.59 Å². The first-order valence-corrected chi connectivity index (χ1v) is 8.38. The number of hydrogen-bond acceptors (Lipinski definition) is 5. The predicted molar refractivity (Wildman–Crippen MR) is 81.6 cm³/mol. The molecule has 0 radical (unpaired) electrons. The van der Waals surface area contributed by atoms with Crippen molar-refractivity contribution >= 4 is 23.2 Å². The van der Waals surface area contributed by atoms with Gasteiger partial charge in [-0.15, -0.1) is 0 Å². The van der Waals surface area contributed by atoms with Crippen molar-refractivity contribution in [3.05, 3.63) is 22.4 Å². The molecule has 0 bridgehead atoms. The molecule has 3 heterocycles. The first kappa shape index (κ1) is 15.5. The molecule has 0 aliphatic carbocycles. The third-order valence-corrected chi connectivity index (χ3v) is 4.64. The van der Waals surface area contributed by atoms with Gasteiger partial charge in [-0.2, -0.15) is 11.3 Å². The minimum atomic E-state index is -0.115. The lowest BCUT2D eigenvalue weighted by Crippen LogP contribution is -2.52. The highest BCUT2D eigenvalue weighted by Crippen LogP contribution is 2.26. The quantitative estimate of drug-likeness (QED) is 0.829. The summed E-state index contributed by atoms with van der Waals surface area (Å²) in [7, 11) is 0. The van der Waals surface area contributed by atoms with Gasteiger partial charge in [0.2, 0.25) is 11.8 Å². The van der Waals surface area contributed by atoms with Crippen LogP contribution in [0.15, 0.2) is 16.8 Å². The zero-order chi connectivity index (χ0) is 15.5. The summed E-state index contributed by atoms with van der Waals surface area (Å²) in [6.07, 6.45) is -0.0951. The summed E-state index contributed by atoms with van der Waals surface area (Å²) in [4.78, 5) is 27.6. The fraction of sp³-hybridized carbons (Fsp3) is 0.600. The van der Waals surface area contributed by atoms with E-state index in [1.807, 2.05) is 18.4 Å². The second-order valence-corrected chi connectivity index (χ2v) is 6.44. The number of hydrogen-bond donors (Lipinski definition) is 0. The highest BCUT2D eigenvalue weighted by atomic mass is 32.1. The molecule has 0 N–H and O–H groups in total. The average molecular weight is 324 g/mol. The van der Waals surface area contributed by atoms with Crippen LogP contribution in [0, 0.1) is 0 Å². The van der Waals surface area contributed by atoms with Crippen LogP contribution < -0.4 is 0 Å². The molecule has 2 saturated heterocycles. The maximum atomic E-state index is 12.5. The van der Waals surface area contributed by atoms with Crippen molar-refractivity contribution in [1.29, 1.82) is 0 Å². The number of carbonyl (C=O) groups excluding carboxylic acids is 2. The highest BCUT2D eigenvalue weighted by molar-refractivity contribution is 7.07. The van der Waals surface area contributed by atoms with Crippen LogP contribution in [0.5, 0.6) is 0 Å². The Bertz CT molecular complexity index is 534. The lowest BCUT2D eigenvalue weighted by atomic mass is 10.1. The Morgan fingerprint density at radius 3 is 3.05 bits per heavy atom. The van der Waals surface area contributed by atoms with E-state index in [2.05, 4.69) is 5.38 Å². The molecule has 7 heteroatoms. The molecule has 22 heavy (non-hydrogen) atoms. The van der Waals surface area contributed by atoms with E-state index in [1.165, 1.54) is 0 Å². The Labute approximate surface area is 133 Å². The van der Waals surface area contributed by atoms with E-state index in [0.717, 1.165) is 5.56 Å². The van der Waals surface area contributed by atoms with Crippen LogP contribution in [0.25, 0.3) is 0 Å². The molecule has 1 aromatic heterocycles. The molecule has 2 atom stereocenters. The summed E-state index contributed by atoms with van der Waals surface area (Å²) >= 11 is 1.62. The number of morpholine rings is 2. The van der Waals surface area contributed by atoms with Crippen molar-refractivity contribution in [2.24, 2.45) is 0 Å². The number of rotatable bonds is 3. The van der Waals surface area contributed by atoms with Gasteiger partial charge in [0.15, 0.2) is 0 Å². The molecule has 6 nitrogen and oxygen atoms in total. The minimum Gasteiger partial charge on any atom is -0.370 e. The second kappa shape index (κ2) is 6.76. The van der Waals surface area contributed by atoms with Gasteiger partial charge in [-0.25, -0.2) is 0 Å². The summed E-state index contributed by atoms with van der Waals surface area (Å²) in [6, 6.07) is 2.03. The van der Waals surface area contributed by atoms with E-state index in [0.29, 0.717) is 26.2 Å². The molecule has 120 valence electrons. The van der Waals surface area contributed by atoms with Crippen molar-refractivity contribution in [1.82, 2.24) is 9.80 Å². The summed E-state index contributed by atoms with van der Waals surface area (Å²) in [5, 5.41) is 4.06. The third kappa shape index (κ3) is 3.48. The lowest BCUT2D eigenvalue weighted by Gasteiger charge is -2.38. The molecule has 2 fully saturated rings. The van der Waals surface area contributed by atoms with Gasteiger partial charge >= 0.3 is 0 Å². The molecule has 0 saturated carbocycles. The molecule has 0 aromatic carbocycles. The van der Waals surface area contributed by atoms with Crippen molar-refractivity contribution in [2.75, 3.05) is 39.4 Å². The number of nitrogens with zero attached hydrogens (tertiary/aromatic N) is 2. The number of amides is 2. The fourth-order valence-corrected chi connectivity index (χ4v) is 3.48. The molecule has 1 aromatic rings. The van der Waals surface area contributed by atoms with Crippen LogP contribution in [0.2, 0.25) is 0 Å². The van der Waals surface area contributed by atoms with Gasteiger partial charge < -0.3 is 19.3 Å². The van der Waals surface area contributed by atoms with Gasteiger partial charge in [-0.1, -0.05) is 0 Å². The zero-order valence-corrected chi connectivity index (χ0v) is 13.4. The summed E-state index contributed by atoms with van der Waals surface area (Å²) in [5.41, 5.74) is 1.11. The Morgan fingerprint density at radius 2 is 2.32 bits per heavy atom. The van der Waals surface area contributed by atoms with Crippen molar-refractivity contribution in [3.8, 4) is 0 Å². The molecule has 0 unspecified atom stereocenters. The number of carbonyl (C=O) groups is 2. The normalized spacial score (nSPS) is 26.3. The molecular weight excluding hydrogens is 304 g/mol. The van der Waals surface area contributed by atoms with E-state index in [1.54, 1.807) is 21.1 Å². The van der Waals surface area contributed by atoms with Crippen LogP contribution in [0.1, 0.15) is 18.6 Å². The summed E-state index contributed by atoms with van der Waals surface area (Å²) < 4.78 is 11.0. The topological polar surface area (TPSA) is 59.1 Å². The van der Waals surface area contributed by atoms with Crippen molar-refractivity contribution in [2.45, 2.75) is 19.1 Å². The standard InChI is InChI=1S/C15H20N2O4S/c1-11-6-17(7-13(21-11)12-2-5-22-10-12)14(18)8-16-3-4-20-9-15(16)19/h2,5,10-11,13H,3-4,6-9H2,1H3/t11-,13-/m1/s1. The van der Waals surface area contributed by atoms with Crippen molar-refractivity contribution < 1.29 is 19.1 Å². The summed E-state index contributed by atoms with van der Waals surface area (Å²) in [6.45, 7) is 4.26. The second-order valence-electron chi connectivity index (χ2n) is 5.66. The molecule has 2 aliphatic rings. The molecule has 3 rings (SSSR count). The van der Waals surface area contributed by atoms with Gasteiger partial charge in [0.1, 0.15) is 12.7 Å².